The van der Waals surface area contributed by atoms with Crippen molar-refractivity contribution in [2.24, 2.45) is 0 Å². The number of halogens is 2. The van der Waals surface area contributed by atoms with Crippen LogP contribution in [0.1, 0.15) is 5.69 Å². The first-order valence-corrected chi connectivity index (χ1v) is 5.98. The Morgan fingerprint density at radius 3 is 2.85 bits per heavy atom. The molecule has 100 valence electrons. The van der Waals surface area contributed by atoms with Crippen molar-refractivity contribution >= 4 is 21.6 Å². The maximum Gasteiger partial charge on any atom is 0.312 e. The van der Waals surface area contributed by atoms with Crippen molar-refractivity contribution in [2.45, 2.75) is 0 Å². The minimum absolute atomic E-state index is 0.0137. The van der Waals surface area contributed by atoms with Crippen molar-refractivity contribution in [1.29, 1.82) is 5.26 Å². The van der Waals surface area contributed by atoms with E-state index >= 15 is 0 Å². The average molecular weight is 338 g/mol. The Hall–Kier alpha value is -2.53. The van der Waals surface area contributed by atoms with Crippen LogP contribution < -0.4 is 4.74 Å². The maximum absolute atomic E-state index is 13.5. The van der Waals surface area contributed by atoms with Gasteiger partial charge in [0.15, 0.2) is 11.4 Å². The van der Waals surface area contributed by atoms with Crippen LogP contribution in [0.3, 0.4) is 0 Å². The van der Waals surface area contributed by atoms with E-state index in [-0.39, 0.29) is 21.7 Å². The fourth-order valence-electron chi connectivity index (χ4n) is 1.42. The third-order valence-electron chi connectivity index (χ3n) is 2.30. The van der Waals surface area contributed by atoms with E-state index in [1.165, 1.54) is 18.3 Å². The number of aromatic nitrogens is 1. The zero-order valence-corrected chi connectivity index (χ0v) is 11.3. The fourth-order valence-corrected chi connectivity index (χ4v) is 1.75. The molecule has 20 heavy (non-hydrogen) atoms. The van der Waals surface area contributed by atoms with Crippen LogP contribution in [-0.4, -0.2) is 9.91 Å². The summed E-state index contributed by atoms with van der Waals surface area (Å²) in [4.78, 5) is 14.0. The molecule has 2 rings (SSSR count). The Morgan fingerprint density at radius 1 is 1.45 bits per heavy atom. The first kappa shape index (κ1) is 13.9. The molecule has 1 aromatic carbocycles. The highest BCUT2D eigenvalue weighted by atomic mass is 79.9. The molecule has 0 atom stereocenters. The summed E-state index contributed by atoms with van der Waals surface area (Å²) in [6.45, 7) is 0. The molecular weight excluding hydrogens is 333 g/mol. The van der Waals surface area contributed by atoms with E-state index < -0.39 is 16.4 Å². The Morgan fingerprint density at radius 2 is 2.20 bits per heavy atom. The molecule has 0 aliphatic carbocycles. The van der Waals surface area contributed by atoms with E-state index in [1.807, 2.05) is 0 Å². The number of nitriles is 1. The smallest absolute Gasteiger partial charge is 0.312 e. The molecule has 8 heteroatoms. The second kappa shape index (κ2) is 5.63. The van der Waals surface area contributed by atoms with E-state index in [1.54, 1.807) is 6.07 Å². The van der Waals surface area contributed by atoms with E-state index in [2.05, 4.69) is 20.9 Å². The highest BCUT2D eigenvalue weighted by molar-refractivity contribution is 9.10. The predicted molar refractivity (Wildman–Crippen MR) is 69.8 cm³/mol. The lowest BCUT2D eigenvalue weighted by Gasteiger charge is -2.07. The van der Waals surface area contributed by atoms with Gasteiger partial charge in [-0.3, -0.25) is 10.1 Å². The molecule has 0 fully saturated rings. The maximum atomic E-state index is 13.5. The van der Waals surface area contributed by atoms with E-state index in [4.69, 9.17) is 10.00 Å². The molecule has 0 unspecified atom stereocenters. The standard InChI is InChI=1S/C12H5BrFN3O3/c13-7-4-10(17(18)19)12(5-8(7)14)20-11-2-1-3-16-9(11)6-15/h1-5H. The second-order valence-corrected chi connectivity index (χ2v) is 4.41. The van der Waals surface area contributed by atoms with Gasteiger partial charge >= 0.3 is 5.69 Å². The minimum atomic E-state index is -0.715. The van der Waals surface area contributed by atoms with Gasteiger partial charge in [0.25, 0.3) is 0 Å². The number of nitrogens with zero attached hydrogens (tertiary/aromatic N) is 3. The van der Waals surface area contributed by atoms with Crippen molar-refractivity contribution in [3.8, 4) is 17.6 Å². The largest absolute Gasteiger partial charge is 0.447 e. The third kappa shape index (κ3) is 2.73. The van der Waals surface area contributed by atoms with Crippen LogP contribution in [0.15, 0.2) is 34.9 Å². The van der Waals surface area contributed by atoms with Crippen molar-refractivity contribution in [2.75, 3.05) is 0 Å². The van der Waals surface area contributed by atoms with E-state index in [9.17, 15) is 14.5 Å². The molecule has 1 aromatic heterocycles. The van der Waals surface area contributed by atoms with Gasteiger partial charge in [-0.2, -0.15) is 5.26 Å². The summed E-state index contributed by atoms with van der Waals surface area (Å²) in [7, 11) is 0. The van der Waals surface area contributed by atoms with E-state index in [0.717, 1.165) is 12.1 Å². The molecule has 0 amide bonds. The van der Waals surface area contributed by atoms with Crippen LogP contribution in [0, 0.1) is 27.3 Å². The van der Waals surface area contributed by atoms with Crippen molar-refractivity contribution < 1.29 is 14.1 Å². The van der Waals surface area contributed by atoms with Gasteiger partial charge < -0.3 is 4.74 Å². The lowest BCUT2D eigenvalue weighted by Crippen LogP contribution is -1.97. The Balaban J connectivity index is 2.51. The van der Waals surface area contributed by atoms with Gasteiger partial charge in [-0.05, 0) is 28.1 Å². The Kier molecular flexibility index (Phi) is 3.91. The first-order valence-electron chi connectivity index (χ1n) is 5.19. The number of rotatable bonds is 3. The highest BCUT2D eigenvalue weighted by Gasteiger charge is 2.20. The minimum Gasteiger partial charge on any atom is -0.447 e. The zero-order valence-electron chi connectivity index (χ0n) is 9.71. The quantitative estimate of drug-likeness (QED) is 0.631. The van der Waals surface area contributed by atoms with Crippen molar-refractivity contribution in [1.82, 2.24) is 4.98 Å². The van der Waals surface area contributed by atoms with Crippen LogP contribution in [0.4, 0.5) is 10.1 Å². The van der Waals surface area contributed by atoms with Gasteiger partial charge in [0.1, 0.15) is 11.9 Å². The lowest BCUT2D eigenvalue weighted by atomic mass is 10.3. The third-order valence-corrected chi connectivity index (χ3v) is 2.90. The van der Waals surface area contributed by atoms with Gasteiger partial charge in [-0.25, -0.2) is 9.37 Å². The molecule has 0 N–H and O–H groups in total. The Labute approximate surface area is 120 Å². The summed E-state index contributed by atoms with van der Waals surface area (Å²) >= 11 is 2.86. The highest BCUT2D eigenvalue weighted by Crippen LogP contribution is 2.35. The first-order chi connectivity index (χ1) is 9.52. The normalized spacial score (nSPS) is 9.85. The molecule has 2 aromatic rings. The summed E-state index contributed by atoms with van der Waals surface area (Å²) in [5.74, 6) is -1.01. The lowest BCUT2D eigenvalue weighted by molar-refractivity contribution is -0.385. The fraction of sp³-hybridized carbons (Fsp3) is 0. The number of nitro benzene ring substituents is 1. The number of pyridine rings is 1. The summed E-state index contributed by atoms with van der Waals surface area (Å²) in [5.41, 5.74) is -0.476. The Bertz CT molecular complexity index is 730. The van der Waals surface area contributed by atoms with Crippen LogP contribution in [0.25, 0.3) is 0 Å². The number of hydrogen-bond acceptors (Lipinski definition) is 5. The zero-order chi connectivity index (χ0) is 14.7. The summed E-state index contributed by atoms with van der Waals surface area (Å²) in [6, 6.07) is 6.56. The van der Waals surface area contributed by atoms with Gasteiger partial charge in [-0.15, -0.1) is 0 Å². The van der Waals surface area contributed by atoms with Gasteiger partial charge in [0, 0.05) is 18.3 Å². The summed E-state index contributed by atoms with van der Waals surface area (Å²) < 4.78 is 18.7. The van der Waals surface area contributed by atoms with Crippen molar-refractivity contribution in [3.63, 3.8) is 0 Å². The van der Waals surface area contributed by atoms with Gasteiger partial charge in [-0.1, -0.05) is 0 Å². The van der Waals surface area contributed by atoms with Crippen LogP contribution in [-0.2, 0) is 0 Å². The number of ether oxygens (including phenoxy) is 1. The molecule has 1 heterocycles. The van der Waals surface area contributed by atoms with Crippen LogP contribution in [0.2, 0.25) is 0 Å². The molecule has 6 nitrogen and oxygen atoms in total. The molecule has 0 saturated carbocycles. The summed E-state index contributed by atoms with van der Waals surface area (Å²) in [5, 5.41) is 19.8. The predicted octanol–water partition coefficient (Wildman–Crippen LogP) is 3.56. The molecular formula is C12H5BrFN3O3. The molecule has 0 radical (unpaired) electrons. The van der Waals surface area contributed by atoms with Crippen molar-refractivity contribution in [3.05, 3.63) is 56.6 Å². The monoisotopic (exact) mass is 337 g/mol. The van der Waals surface area contributed by atoms with Crippen LogP contribution in [0.5, 0.6) is 11.5 Å². The van der Waals surface area contributed by atoms with Gasteiger partial charge in [0.2, 0.25) is 5.75 Å². The molecule has 0 saturated heterocycles. The molecule has 0 spiro atoms. The number of benzene rings is 1. The molecule has 0 aliphatic rings. The SMILES string of the molecule is N#Cc1ncccc1Oc1cc(F)c(Br)cc1[N+](=O)[O-]. The van der Waals surface area contributed by atoms with E-state index in [0.29, 0.717) is 0 Å². The van der Waals surface area contributed by atoms with Gasteiger partial charge in [0.05, 0.1) is 9.40 Å². The number of hydrogen-bond donors (Lipinski definition) is 0. The molecule has 0 aliphatic heterocycles. The summed E-state index contributed by atoms with van der Waals surface area (Å²) in [6.07, 6.45) is 1.38. The number of nitro groups is 1. The topological polar surface area (TPSA) is 89.0 Å². The average Bonchev–Trinajstić information content (AvgIpc) is 2.43. The molecule has 0 bridgehead atoms. The second-order valence-electron chi connectivity index (χ2n) is 3.56. The van der Waals surface area contributed by atoms with Crippen LogP contribution >= 0.6 is 15.9 Å².